The van der Waals surface area contributed by atoms with Gasteiger partial charge in [-0.15, -0.1) is 0 Å². The van der Waals surface area contributed by atoms with E-state index in [-0.39, 0.29) is 22.7 Å². The summed E-state index contributed by atoms with van der Waals surface area (Å²) in [6.45, 7) is 0.000131. The minimum Gasteiger partial charge on any atom is -0.481 e. The number of carboxylic acids is 1. The average molecular weight is 527 g/mol. The number of benzene rings is 3. The summed E-state index contributed by atoms with van der Waals surface area (Å²) < 4.78 is 19.7. The third kappa shape index (κ3) is 4.94. The number of halogens is 2. The predicted molar refractivity (Wildman–Crippen MR) is 127 cm³/mol. The highest BCUT2D eigenvalue weighted by molar-refractivity contribution is 9.10. The molecule has 0 radical (unpaired) electrons. The van der Waals surface area contributed by atoms with E-state index in [9.17, 15) is 23.9 Å². The summed E-state index contributed by atoms with van der Waals surface area (Å²) in [6, 6.07) is 18.3. The Labute approximate surface area is 203 Å². The molecule has 1 aliphatic rings. The number of fused-ring (bicyclic) bond motifs is 3. The monoisotopic (exact) mass is 526 g/mol. The van der Waals surface area contributed by atoms with Gasteiger partial charge in [-0.1, -0.05) is 54.6 Å². The standard InChI is InChI=1S/C25H20BrFN2O5/c26-19-10-5-11-20(27)23(19)29-24(32)21(12-22(30)31)28-25(33)34-13-18-16-8-3-1-6-14(16)15-7-2-4-9-17(15)18/h1-11,18,21H,12-13H2,(H,28,33)(H,29,32)(H,30,31). The van der Waals surface area contributed by atoms with E-state index in [0.29, 0.717) is 0 Å². The molecule has 2 amide bonds. The van der Waals surface area contributed by atoms with Crippen LogP contribution in [0.4, 0.5) is 14.9 Å². The van der Waals surface area contributed by atoms with E-state index in [1.54, 1.807) is 0 Å². The number of carboxylic acid groups (broad SMARTS) is 1. The van der Waals surface area contributed by atoms with Gasteiger partial charge in [0.2, 0.25) is 5.91 Å². The summed E-state index contributed by atoms with van der Waals surface area (Å²) in [5.41, 5.74) is 4.00. The summed E-state index contributed by atoms with van der Waals surface area (Å²) in [7, 11) is 0. The molecule has 7 nitrogen and oxygen atoms in total. The van der Waals surface area contributed by atoms with E-state index in [1.165, 1.54) is 12.1 Å². The van der Waals surface area contributed by atoms with E-state index in [4.69, 9.17) is 4.74 Å². The molecule has 0 aromatic heterocycles. The minimum atomic E-state index is -1.47. The van der Waals surface area contributed by atoms with Crippen molar-refractivity contribution in [3.05, 3.63) is 88.1 Å². The zero-order valence-corrected chi connectivity index (χ0v) is 19.3. The molecule has 34 heavy (non-hydrogen) atoms. The third-order valence-electron chi connectivity index (χ3n) is 5.54. The van der Waals surface area contributed by atoms with Gasteiger partial charge in [0, 0.05) is 10.4 Å². The number of carbonyl (C=O) groups is 3. The first-order chi connectivity index (χ1) is 16.3. The molecule has 1 unspecified atom stereocenters. The van der Waals surface area contributed by atoms with Crippen LogP contribution in [-0.4, -0.2) is 35.7 Å². The smallest absolute Gasteiger partial charge is 0.407 e. The maximum absolute atomic E-state index is 14.1. The number of ether oxygens (including phenoxy) is 1. The summed E-state index contributed by atoms with van der Waals surface area (Å²) in [5.74, 6) is -3.11. The molecule has 0 heterocycles. The van der Waals surface area contributed by atoms with Crippen LogP contribution in [0.5, 0.6) is 0 Å². The Bertz CT molecular complexity index is 1200. The molecule has 0 fully saturated rings. The second kappa shape index (κ2) is 10.0. The number of anilines is 1. The van der Waals surface area contributed by atoms with Gasteiger partial charge < -0.3 is 20.5 Å². The fraction of sp³-hybridized carbons (Fsp3) is 0.160. The number of amides is 2. The molecule has 0 spiro atoms. The van der Waals surface area contributed by atoms with Crippen LogP contribution < -0.4 is 10.6 Å². The summed E-state index contributed by atoms with van der Waals surface area (Å²) in [5, 5.41) is 13.8. The number of hydrogen-bond acceptors (Lipinski definition) is 4. The van der Waals surface area contributed by atoms with Crippen molar-refractivity contribution in [2.45, 2.75) is 18.4 Å². The molecule has 4 rings (SSSR count). The van der Waals surface area contributed by atoms with E-state index >= 15 is 0 Å². The number of aliphatic carboxylic acids is 1. The van der Waals surface area contributed by atoms with Crippen LogP contribution in [0, 0.1) is 5.82 Å². The van der Waals surface area contributed by atoms with Gasteiger partial charge in [0.05, 0.1) is 12.1 Å². The summed E-state index contributed by atoms with van der Waals surface area (Å²) in [6.07, 6.45) is -1.65. The van der Waals surface area contributed by atoms with Crippen LogP contribution in [0.2, 0.25) is 0 Å². The van der Waals surface area contributed by atoms with Gasteiger partial charge >= 0.3 is 12.1 Å². The molecule has 3 aromatic carbocycles. The quantitative estimate of drug-likeness (QED) is 0.405. The first-order valence-corrected chi connectivity index (χ1v) is 11.2. The van der Waals surface area contributed by atoms with E-state index in [0.717, 1.165) is 28.3 Å². The van der Waals surface area contributed by atoms with E-state index in [1.807, 2.05) is 48.5 Å². The van der Waals surface area contributed by atoms with Crippen LogP contribution in [0.1, 0.15) is 23.5 Å². The molecule has 0 saturated carbocycles. The maximum Gasteiger partial charge on any atom is 0.407 e. The normalized spacial score (nSPS) is 12.9. The zero-order valence-electron chi connectivity index (χ0n) is 17.8. The zero-order chi connectivity index (χ0) is 24.2. The van der Waals surface area contributed by atoms with Gasteiger partial charge in [-0.2, -0.15) is 0 Å². The van der Waals surface area contributed by atoms with E-state index in [2.05, 4.69) is 26.6 Å². The molecule has 174 valence electrons. The highest BCUT2D eigenvalue weighted by Gasteiger charge is 2.30. The van der Waals surface area contributed by atoms with Crippen LogP contribution >= 0.6 is 15.9 Å². The van der Waals surface area contributed by atoms with Crippen molar-refractivity contribution in [3.8, 4) is 11.1 Å². The molecule has 1 aliphatic carbocycles. The van der Waals surface area contributed by atoms with Crippen molar-refractivity contribution in [2.75, 3.05) is 11.9 Å². The van der Waals surface area contributed by atoms with Gasteiger partial charge in [-0.25, -0.2) is 9.18 Å². The number of hydrogen-bond donors (Lipinski definition) is 3. The minimum absolute atomic E-state index is 0.000131. The molecule has 0 bridgehead atoms. The van der Waals surface area contributed by atoms with Gasteiger partial charge in [-0.3, -0.25) is 9.59 Å². The Balaban J connectivity index is 1.45. The van der Waals surface area contributed by atoms with Crippen LogP contribution in [-0.2, 0) is 14.3 Å². The molecule has 3 N–H and O–H groups in total. The Hall–Kier alpha value is -3.72. The van der Waals surface area contributed by atoms with Crippen LogP contribution in [0.15, 0.2) is 71.2 Å². The van der Waals surface area contributed by atoms with Gasteiger partial charge in [0.25, 0.3) is 0 Å². The van der Waals surface area contributed by atoms with Crippen molar-refractivity contribution in [1.82, 2.24) is 5.32 Å². The lowest BCUT2D eigenvalue weighted by atomic mass is 9.98. The molecule has 9 heteroatoms. The lowest BCUT2D eigenvalue weighted by molar-refractivity contribution is -0.139. The van der Waals surface area contributed by atoms with Gasteiger partial charge in [0.1, 0.15) is 18.5 Å². The number of rotatable bonds is 7. The van der Waals surface area contributed by atoms with Crippen molar-refractivity contribution in [1.29, 1.82) is 0 Å². The van der Waals surface area contributed by atoms with Gasteiger partial charge in [-0.05, 0) is 50.3 Å². The molecule has 0 saturated heterocycles. The van der Waals surface area contributed by atoms with E-state index < -0.39 is 36.2 Å². The largest absolute Gasteiger partial charge is 0.481 e. The Morgan fingerprint density at radius 1 is 0.971 bits per heavy atom. The Morgan fingerprint density at radius 2 is 1.59 bits per heavy atom. The maximum atomic E-state index is 14.1. The lowest BCUT2D eigenvalue weighted by Crippen LogP contribution is -2.45. The van der Waals surface area contributed by atoms with Crippen LogP contribution in [0.3, 0.4) is 0 Å². The van der Waals surface area contributed by atoms with Crippen molar-refractivity contribution in [3.63, 3.8) is 0 Å². The number of carbonyl (C=O) groups excluding carboxylic acids is 2. The van der Waals surface area contributed by atoms with Crippen LogP contribution in [0.25, 0.3) is 11.1 Å². The number of para-hydroxylation sites is 1. The molecule has 1 atom stereocenters. The third-order valence-corrected chi connectivity index (χ3v) is 6.20. The first-order valence-electron chi connectivity index (χ1n) is 10.4. The molecule has 0 aliphatic heterocycles. The molecule has 3 aromatic rings. The fourth-order valence-electron chi connectivity index (χ4n) is 3.99. The first kappa shape index (κ1) is 23.4. The fourth-order valence-corrected chi connectivity index (χ4v) is 4.43. The SMILES string of the molecule is O=C(O)CC(NC(=O)OCC1c2ccccc2-c2ccccc21)C(=O)Nc1c(F)cccc1Br. The number of nitrogens with one attached hydrogen (secondary N) is 2. The highest BCUT2D eigenvalue weighted by atomic mass is 79.9. The lowest BCUT2D eigenvalue weighted by Gasteiger charge is -2.19. The molecular formula is C25H20BrFN2O5. The average Bonchev–Trinajstić information content (AvgIpc) is 3.13. The predicted octanol–water partition coefficient (Wildman–Crippen LogP) is 4.91. The Morgan fingerprint density at radius 3 is 2.18 bits per heavy atom. The van der Waals surface area contributed by atoms with Crippen molar-refractivity contribution >= 4 is 39.6 Å². The second-order valence-corrected chi connectivity index (χ2v) is 8.56. The second-order valence-electron chi connectivity index (χ2n) is 7.71. The molecular weight excluding hydrogens is 507 g/mol. The van der Waals surface area contributed by atoms with Gasteiger partial charge in [0.15, 0.2) is 0 Å². The topological polar surface area (TPSA) is 105 Å². The number of alkyl carbamates (subject to hydrolysis) is 1. The highest BCUT2D eigenvalue weighted by Crippen LogP contribution is 2.44. The van der Waals surface area contributed by atoms with Crippen molar-refractivity contribution in [2.24, 2.45) is 0 Å². The Kier molecular flexibility index (Phi) is 6.93. The summed E-state index contributed by atoms with van der Waals surface area (Å²) in [4.78, 5) is 36.4. The summed E-state index contributed by atoms with van der Waals surface area (Å²) >= 11 is 3.13. The van der Waals surface area contributed by atoms with Crippen molar-refractivity contribution < 1.29 is 28.6 Å².